The number of fused-ring (bicyclic) bond motifs is 1. The molecule has 1 saturated heterocycles. The standard InChI is InChI=1S/C20H25N3O2.ClH/c1-14-5-7-15(8-6-14)18-23-17(12-25-18)11-22-19(24)20-9-3-2-4-16(20)10-21-13-20;/h5-8,12,16,21H,2-4,9-11,13H2,1H3,(H,22,24);1H/t16-,20+;/m0./s1. The molecular formula is C20H26ClN3O2. The van der Waals surface area contributed by atoms with Crippen molar-refractivity contribution < 1.29 is 9.21 Å². The highest BCUT2D eigenvalue weighted by atomic mass is 35.5. The molecule has 1 saturated carbocycles. The minimum Gasteiger partial charge on any atom is -0.444 e. The monoisotopic (exact) mass is 375 g/mol. The van der Waals surface area contributed by atoms with Crippen molar-refractivity contribution in [2.75, 3.05) is 13.1 Å². The summed E-state index contributed by atoms with van der Waals surface area (Å²) in [5, 5.41) is 6.52. The number of aromatic nitrogens is 1. The number of aryl methyl sites for hydroxylation is 1. The van der Waals surface area contributed by atoms with Crippen LogP contribution in [0.25, 0.3) is 11.5 Å². The zero-order valence-electron chi connectivity index (χ0n) is 15.1. The molecule has 1 aromatic heterocycles. The van der Waals surface area contributed by atoms with Crippen molar-refractivity contribution >= 4 is 18.3 Å². The molecule has 1 aliphatic heterocycles. The normalized spacial score (nSPS) is 24.6. The zero-order chi connectivity index (χ0) is 17.3. The molecule has 2 atom stereocenters. The van der Waals surface area contributed by atoms with E-state index in [0.717, 1.165) is 43.6 Å². The number of carbonyl (C=O) groups is 1. The molecule has 2 aromatic rings. The van der Waals surface area contributed by atoms with E-state index in [1.807, 2.05) is 24.3 Å². The highest BCUT2D eigenvalue weighted by molar-refractivity contribution is 5.85. The van der Waals surface area contributed by atoms with E-state index >= 15 is 0 Å². The summed E-state index contributed by atoms with van der Waals surface area (Å²) < 4.78 is 5.58. The lowest BCUT2D eigenvalue weighted by molar-refractivity contribution is -0.134. The molecule has 4 rings (SSSR count). The maximum atomic E-state index is 12.9. The zero-order valence-corrected chi connectivity index (χ0v) is 15.9. The average Bonchev–Trinajstić information content (AvgIpc) is 3.28. The summed E-state index contributed by atoms with van der Waals surface area (Å²) in [5.74, 6) is 1.24. The van der Waals surface area contributed by atoms with Crippen LogP contribution >= 0.6 is 12.4 Å². The van der Waals surface area contributed by atoms with Crippen LogP contribution in [0.3, 0.4) is 0 Å². The number of oxazole rings is 1. The Kier molecular flexibility index (Phi) is 5.68. The van der Waals surface area contributed by atoms with Crippen molar-refractivity contribution in [3.63, 3.8) is 0 Å². The second-order valence-corrected chi connectivity index (χ2v) is 7.42. The van der Waals surface area contributed by atoms with Crippen molar-refractivity contribution in [2.45, 2.75) is 39.2 Å². The van der Waals surface area contributed by atoms with E-state index < -0.39 is 0 Å². The quantitative estimate of drug-likeness (QED) is 0.858. The van der Waals surface area contributed by atoms with E-state index in [2.05, 4.69) is 22.5 Å². The SMILES string of the molecule is Cc1ccc(-c2nc(CNC(=O)[C@@]34CCCC[C@H]3CNC4)co2)cc1.Cl. The van der Waals surface area contributed by atoms with Crippen molar-refractivity contribution in [3.8, 4) is 11.5 Å². The minimum absolute atomic E-state index is 0. The van der Waals surface area contributed by atoms with Gasteiger partial charge in [-0.15, -0.1) is 12.4 Å². The van der Waals surface area contributed by atoms with Crippen molar-refractivity contribution in [1.82, 2.24) is 15.6 Å². The Morgan fingerprint density at radius 1 is 1.35 bits per heavy atom. The van der Waals surface area contributed by atoms with Crippen molar-refractivity contribution in [1.29, 1.82) is 0 Å². The molecule has 26 heavy (non-hydrogen) atoms. The van der Waals surface area contributed by atoms with Gasteiger partial charge in [0, 0.05) is 12.1 Å². The van der Waals surface area contributed by atoms with Gasteiger partial charge in [0.05, 0.1) is 17.7 Å². The van der Waals surface area contributed by atoms with Gasteiger partial charge >= 0.3 is 0 Å². The summed E-state index contributed by atoms with van der Waals surface area (Å²) in [6.07, 6.45) is 6.17. The lowest BCUT2D eigenvalue weighted by atomic mass is 9.67. The fraction of sp³-hybridized carbons (Fsp3) is 0.500. The van der Waals surface area contributed by atoms with Crippen LogP contribution in [0, 0.1) is 18.3 Å². The predicted octanol–water partition coefficient (Wildman–Crippen LogP) is 3.47. The third-order valence-electron chi connectivity index (χ3n) is 5.77. The molecule has 2 aliphatic rings. The summed E-state index contributed by atoms with van der Waals surface area (Å²) in [6.45, 7) is 4.24. The average molecular weight is 376 g/mol. The number of amides is 1. The molecule has 0 radical (unpaired) electrons. The maximum absolute atomic E-state index is 12.9. The molecular weight excluding hydrogens is 350 g/mol. The van der Waals surface area contributed by atoms with Crippen LogP contribution < -0.4 is 10.6 Å². The molecule has 0 unspecified atom stereocenters. The Bertz CT molecular complexity index is 759. The molecule has 0 bridgehead atoms. The molecule has 1 amide bonds. The topological polar surface area (TPSA) is 67.2 Å². The van der Waals surface area contributed by atoms with E-state index in [1.165, 1.54) is 12.0 Å². The highest BCUT2D eigenvalue weighted by Gasteiger charge is 2.49. The summed E-state index contributed by atoms with van der Waals surface area (Å²) >= 11 is 0. The Morgan fingerprint density at radius 2 is 2.15 bits per heavy atom. The molecule has 2 fully saturated rings. The first-order valence-corrected chi connectivity index (χ1v) is 9.18. The molecule has 6 heteroatoms. The third kappa shape index (κ3) is 3.51. The van der Waals surface area contributed by atoms with Crippen LogP contribution in [0.4, 0.5) is 0 Å². The van der Waals surface area contributed by atoms with Crippen LogP contribution in [0.1, 0.15) is 36.9 Å². The Morgan fingerprint density at radius 3 is 2.96 bits per heavy atom. The van der Waals surface area contributed by atoms with Crippen molar-refractivity contribution in [3.05, 3.63) is 41.8 Å². The van der Waals surface area contributed by atoms with Gasteiger partial charge in [0.2, 0.25) is 11.8 Å². The molecule has 0 spiro atoms. The first-order valence-electron chi connectivity index (χ1n) is 9.18. The fourth-order valence-corrected chi connectivity index (χ4v) is 4.25. The van der Waals surface area contributed by atoms with E-state index in [0.29, 0.717) is 18.4 Å². The van der Waals surface area contributed by atoms with E-state index in [-0.39, 0.29) is 23.7 Å². The smallest absolute Gasteiger partial charge is 0.228 e. The van der Waals surface area contributed by atoms with Gasteiger partial charge in [0.1, 0.15) is 6.26 Å². The second kappa shape index (κ2) is 7.80. The predicted molar refractivity (Wildman–Crippen MR) is 103 cm³/mol. The maximum Gasteiger partial charge on any atom is 0.228 e. The van der Waals surface area contributed by atoms with Gasteiger partial charge in [0.25, 0.3) is 0 Å². The minimum atomic E-state index is -0.220. The van der Waals surface area contributed by atoms with Crippen LogP contribution in [-0.4, -0.2) is 24.0 Å². The van der Waals surface area contributed by atoms with Gasteiger partial charge < -0.3 is 15.1 Å². The van der Waals surface area contributed by atoms with Gasteiger partial charge in [-0.2, -0.15) is 0 Å². The highest BCUT2D eigenvalue weighted by Crippen LogP contribution is 2.43. The molecule has 2 heterocycles. The van der Waals surface area contributed by atoms with Gasteiger partial charge in [-0.05, 0) is 44.4 Å². The van der Waals surface area contributed by atoms with Crippen LogP contribution in [0.5, 0.6) is 0 Å². The van der Waals surface area contributed by atoms with E-state index in [4.69, 9.17) is 4.42 Å². The van der Waals surface area contributed by atoms with Crippen LogP contribution in [-0.2, 0) is 11.3 Å². The Labute approximate surface area is 160 Å². The molecule has 2 N–H and O–H groups in total. The van der Waals surface area contributed by atoms with Gasteiger partial charge in [0.15, 0.2) is 0 Å². The number of hydrogen-bond donors (Lipinski definition) is 2. The van der Waals surface area contributed by atoms with Crippen molar-refractivity contribution in [2.24, 2.45) is 11.3 Å². The first kappa shape index (κ1) is 18.9. The number of rotatable bonds is 4. The Balaban J connectivity index is 0.00000196. The van der Waals surface area contributed by atoms with Gasteiger partial charge in [-0.3, -0.25) is 4.79 Å². The molecule has 5 nitrogen and oxygen atoms in total. The lowest BCUT2D eigenvalue weighted by Crippen LogP contribution is -2.47. The number of nitrogens with zero attached hydrogens (tertiary/aromatic N) is 1. The number of halogens is 1. The second-order valence-electron chi connectivity index (χ2n) is 7.42. The summed E-state index contributed by atoms with van der Waals surface area (Å²) in [5.41, 5.74) is 2.70. The van der Waals surface area contributed by atoms with E-state index in [1.54, 1.807) is 6.26 Å². The molecule has 1 aromatic carbocycles. The number of nitrogens with one attached hydrogen (secondary N) is 2. The summed E-state index contributed by atoms with van der Waals surface area (Å²) in [7, 11) is 0. The summed E-state index contributed by atoms with van der Waals surface area (Å²) in [6, 6.07) is 8.07. The Hall–Kier alpha value is -1.85. The summed E-state index contributed by atoms with van der Waals surface area (Å²) in [4.78, 5) is 17.4. The van der Waals surface area contributed by atoms with Crippen LogP contribution in [0.2, 0.25) is 0 Å². The first-order chi connectivity index (χ1) is 12.2. The van der Waals surface area contributed by atoms with Gasteiger partial charge in [-0.1, -0.05) is 30.5 Å². The van der Waals surface area contributed by atoms with Gasteiger partial charge in [-0.25, -0.2) is 4.98 Å². The third-order valence-corrected chi connectivity index (χ3v) is 5.77. The number of benzene rings is 1. The number of carbonyl (C=O) groups excluding carboxylic acids is 1. The molecule has 1 aliphatic carbocycles. The van der Waals surface area contributed by atoms with E-state index in [9.17, 15) is 4.79 Å². The molecule has 140 valence electrons. The van der Waals surface area contributed by atoms with Crippen LogP contribution in [0.15, 0.2) is 34.9 Å². The lowest BCUT2D eigenvalue weighted by Gasteiger charge is -2.37. The number of hydrogen-bond acceptors (Lipinski definition) is 4. The fourth-order valence-electron chi connectivity index (χ4n) is 4.25. The largest absolute Gasteiger partial charge is 0.444 e.